The Morgan fingerprint density at radius 2 is 1.75 bits per heavy atom. The van der Waals surface area contributed by atoms with Crippen molar-refractivity contribution in [3.05, 3.63) is 24.0 Å². The van der Waals surface area contributed by atoms with Gasteiger partial charge >= 0.3 is 11.9 Å². The van der Waals surface area contributed by atoms with Crippen LogP contribution in [0.2, 0.25) is 0 Å². The third kappa shape index (κ3) is 3.16. The van der Waals surface area contributed by atoms with Gasteiger partial charge in [0.05, 0.1) is 19.8 Å². The van der Waals surface area contributed by atoms with Crippen molar-refractivity contribution < 1.29 is 39.1 Å². The monoisotopic (exact) mass is 288 g/mol. The molecule has 0 bridgehead atoms. The maximum atomic E-state index is 11.4. The van der Waals surface area contributed by atoms with E-state index < -0.39 is 42.1 Å². The van der Waals surface area contributed by atoms with Gasteiger partial charge in [-0.15, -0.1) is 0 Å². The number of ether oxygens (including phenoxy) is 3. The highest BCUT2D eigenvalue weighted by Crippen LogP contribution is 2.24. The predicted octanol–water partition coefficient (Wildman–Crippen LogP) is -1.75. The Balaban J connectivity index is 2.99. The number of hydrogen-bond acceptors (Lipinski definition) is 8. The molecule has 0 fully saturated rings. The molecule has 0 unspecified atom stereocenters. The molecule has 0 amide bonds. The molecule has 0 aromatic carbocycles. The van der Waals surface area contributed by atoms with Crippen LogP contribution >= 0.6 is 0 Å². The maximum absolute atomic E-state index is 11.4. The molecule has 8 nitrogen and oxygen atoms in total. The summed E-state index contributed by atoms with van der Waals surface area (Å²) in [5.41, 5.74) is -0.284. The number of hydrogen-bond donors (Lipinski definition) is 3. The third-order valence-corrected chi connectivity index (χ3v) is 2.78. The van der Waals surface area contributed by atoms with Crippen LogP contribution in [0, 0.1) is 0 Å². The Morgan fingerprint density at radius 1 is 1.15 bits per heavy atom. The van der Waals surface area contributed by atoms with E-state index >= 15 is 0 Å². The van der Waals surface area contributed by atoms with Gasteiger partial charge in [0.15, 0.2) is 5.76 Å². The molecule has 1 aliphatic rings. The fourth-order valence-electron chi connectivity index (χ4n) is 1.68. The van der Waals surface area contributed by atoms with Gasteiger partial charge in [-0.2, -0.15) is 0 Å². The summed E-state index contributed by atoms with van der Waals surface area (Å²) in [5, 5.41) is 29.1. The Kier molecular flexibility index (Phi) is 5.26. The summed E-state index contributed by atoms with van der Waals surface area (Å²) < 4.78 is 13.8. The van der Waals surface area contributed by atoms with Crippen LogP contribution in [0.3, 0.4) is 0 Å². The van der Waals surface area contributed by atoms with E-state index in [4.69, 9.17) is 4.74 Å². The minimum atomic E-state index is -1.68. The fraction of sp³-hybridized carbons (Fsp3) is 0.500. The highest BCUT2D eigenvalue weighted by atomic mass is 16.6. The van der Waals surface area contributed by atoms with E-state index in [1.165, 1.54) is 0 Å². The van der Waals surface area contributed by atoms with Gasteiger partial charge in [-0.05, 0) is 12.7 Å². The Labute approximate surface area is 114 Å². The van der Waals surface area contributed by atoms with Gasteiger partial charge in [0.2, 0.25) is 0 Å². The molecule has 0 aromatic rings. The van der Waals surface area contributed by atoms with Crippen LogP contribution in [0.1, 0.15) is 0 Å². The summed E-state index contributed by atoms with van der Waals surface area (Å²) in [5.74, 6) is -2.17. The lowest BCUT2D eigenvalue weighted by molar-refractivity contribution is -0.147. The second-order valence-electron chi connectivity index (χ2n) is 4.04. The molecule has 0 aromatic heterocycles. The predicted molar refractivity (Wildman–Crippen MR) is 64.1 cm³/mol. The molecule has 0 saturated carbocycles. The van der Waals surface area contributed by atoms with Gasteiger partial charge in [-0.1, -0.05) is 0 Å². The van der Waals surface area contributed by atoms with E-state index in [1.54, 1.807) is 0 Å². The second-order valence-corrected chi connectivity index (χ2v) is 4.04. The van der Waals surface area contributed by atoms with Crippen molar-refractivity contribution in [2.45, 2.75) is 24.4 Å². The molecule has 0 aliphatic heterocycles. The Morgan fingerprint density at radius 3 is 2.25 bits per heavy atom. The smallest absolute Gasteiger partial charge is 0.372 e. The molecule has 0 radical (unpaired) electrons. The Hall–Kier alpha value is -1.90. The molecule has 0 saturated heterocycles. The quantitative estimate of drug-likeness (QED) is 0.316. The lowest BCUT2D eigenvalue weighted by Crippen LogP contribution is -2.50. The zero-order valence-corrected chi connectivity index (χ0v) is 11.0. The first-order valence-corrected chi connectivity index (χ1v) is 5.61. The minimum Gasteiger partial charge on any atom is -0.477 e. The first-order valence-electron chi connectivity index (χ1n) is 5.61. The summed E-state index contributed by atoms with van der Waals surface area (Å²) in [6.07, 6.45) is -5.05. The van der Waals surface area contributed by atoms with E-state index in [0.29, 0.717) is 0 Å². The molecular formula is C12H16O8. The Bertz CT molecular complexity index is 441. The molecule has 1 rings (SSSR count). The van der Waals surface area contributed by atoms with Crippen molar-refractivity contribution in [3.63, 3.8) is 0 Å². The van der Waals surface area contributed by atoms with Crippen LogP contribution in [0.5, 0.6) is 0 Å². The zero-order valence-electron chi connectivity index (χ0n) is 11.0. The van der Waals surface area contributed by atoms with Crippen LogP contribution in [-0.2, 0) is 23.8 Å². The molecular weight excluding hydrogens is 272 g/mol. The van der Waals surface area contributed by atoms with Crippen LogP contribution in [-0.4, -0.2) is 65.9 Å². The number of esters is 2. The number of methoxy groups -OCH3 is 2. The summed E-state index contributed by atoms with van der Waals surface area (Å²) >= 11 is 0. The first-order chi connectivity index (χ1) is 9.33. The van der Waals surface area contributed by atoms with Crippen LogP contribution in [0.4, 0.5) is 0 Å². The van der Waals surface area contributed by atoms with E-state index in [1.807, 2.05) is 0 Å². The van der Waals surface area contributed by atoms with Crippen LogP contribution < -0.4 is 0 Å². The number of aliphatic hydroxyl groups is 3. The largest absolute Gasteiger partial charge is 0.477 e. The number of carbonyl (C=O) groups is 2. The van der Waals surface area contributed by atoms with Crippen molar-refractivity contribution in [1.82, 2.24) is 0 Å². The summed E-state index contributed by atoms with van der Waals surface area (Å²) in [7, 11) is 2.21. The standard InChI is InChI=1S/C12H16O8/c1-5(11(16)18-2)20-7-4-6(12(17)19-3)8(13)10(15)9(7)14/h4,7-10,13-15H,1H2,2-3H3/t7-,8+,9+,10+/m0/s1. The lowest BCUT2D eigenvalue weighted by Gasteiger charge is -2.33. The molecule has 3 N–H and O–H groups in total. The van der Waals surface area contributed by atoms with Crippen molar-refractivity contribution in [3.8, 4) is 0 Å². The highest BCUT2D eigenvalue weighted by molar-refractivity contribution is 5.90. The van der Waals surface area contributed by atoms with Crippen molar-refractivity contribution in [2.24, 2.45) is 0 Å². The molecule has 112 valence electrons. The van der Waals surface area contributed by atoms with Gasteiger partial charge in [-0.25, -0.2) is 9.59 Å². The van der Waals surface area contributed by atoms with Crippen molar-refractivity contribution in [2.75, 3.05) is 14.2 Å². The van der Waals surface area contributed by atoms with Crippen molar-refractivity contribution >= 4 is 11.9 Å². The summed E-state index contributed by atoms with van der Waals surface area (Å²) in [6.45, 7) is 3.29. The van der Waals surface area contributed by atoms with Gasteiger partial charge < -0.3 is 29.5 Å². The molecule has 8 heteroatoms. The second kappa shape index (κ2) is 6.51. The maximum Gasteiger partial charge on any atom is 0.372 e. The van der Waals surface area contributed by atoms with E-state index in [-0.39, 0.29) is 5.57 Å². The topological polar surface area (TPSA) is 123 Å². The fourth-order valence-corrected chi connectivity index (χ4v) is 1.68. The average Bonchev–Trinajstić information content (AvgIpc) is 2.45. The highest BCUT2D eigenvalue weighted by Gasteiger charge is 2.41. The number of carbonyl (C=O) groups excluding carboxylic acids is 2. The molecule has 4 atom stereocenters. The number of rotatable bonds is 4. The summed E-state index contributed by atoms with van der Waals surface area (Å²) in [4.78, 5) is 22.6. The third-order valence-electron chi connectivity index (χ3n) is 2.78. The van der Waals surface area contributed by atoms with Gasteiger partial charge in [-0.3, -0.25) is 0 Å². The zero-order chi connectivity index (χ0) is 15.4. The normalized spacial score (nSPS) is 29.1. The number of aliphatic hydroxyl groups excluding tert-OH is 3. The molecule has 1 aliphatic carbocycles. The average molecular weight is 288 g/mol. The molecule has 0 heterocycles. The minimum absolute atomic E-state index is 0.284. The molecule has 0 spiro atoms. The van der Waals surface area contributed by atoms with Crippen molar-refractivity contribution in [1.29, 1.82) is 0 Å². The van der Waals surface area contributed by atoms with E-state index in [0.717, 1.165) is 20.3 Å². The SMILES string of the molecule is C=C(O[C@H]1C=C(C(=O)OC)[C@@H](O)[C@@H](O)[C@@H]1O)C(=O)OC. The lowest BCUT2D eigenvalue weighted by atomic mass is 9.89. The van der Waals surface area contributed by atoms with E-state index in [9.17, 15) is 24.9 Å². The van der Waals surface area contributed by atoms with Crippen LogP contribution in [0.15, 0.2) is 24.0 Å². The van der Waals surface area contributed by atoms with Crippen LogP contribution in [0.25, 0.3) is 0 Å². The summed E-state index contributed by atoms with van der Waals surface area (Å²) in [6, 6.07) is 0. The van der Waals surface area contributed by atoms with Gasteiger partial charge in [0.25, 0.3) is 0 Å². The first kappa shape index (κ1) is 16.2. The van der Waals surface area contributed by atoms with Gasteiger partial charge in [0, 0.05) is 0 Å². The molecule has 20 heavy (non-hydrogen) atoms. The van der Waals surface area contributed by atoms with E-state index in [2.05, 4.69) is 16.1 Å². The van der Waals surface area contributed by atoms with Gasteiger partial charge in [0.1, 0.15) is 24.4 Å².